The van der Waals surface area contributed by atoms with E-state index in [0.717, 1.165) is 11.1 Å². The Bertz CT molecular complexity index is 924. The van der Waals surface area contributed by atoms with Crippen LogP contribution in [0.3, 0.4) is 0 Å². The summed E-state index contributed by atoms with van der Waals surface area (Å²) >= 11 is 5.97. The Morgan fingerprint density at radius 1 is 0.963 bits per heavy atom. The standard InChI is InChI=1S/C20H19ClN4O2/c21-16-8-4-7-15(12-16)17-13-18(25-24-17)20(27)23-10-9-22-19(26)11-14-5-2-1-3-6-14/h1-8,12-13H,9-11H2,(H,22,26)(H,23,27)(H,24,25). The van der Waals surface area contributed by atoms with Crippen molar-refractivity contribution in [2.75, 3.05) is 13.1 Å². The zero-order valence-electron chi connectivity index (χ0n) is 14.5. The Morgan fingerprint density at radius 2 is 1.74 bits per heavy atom. The van der Waals surface area contributed by atoms with Crippen LogP contribution in [0.5, 0.6) is 0 Å². The zero-order chi connectivity index (χ0) is 19.1. The molecule has 3 rings (SSSR count). The molecule has 138 valence electrons. The molecule has 0 aliphatic carbocycles. The molecular weight excluding hydrogens is 364 g/mol. The minimum Gasteiger partial charge on any atom is -0.354 e. The molecule has 0 aliphatic rings. The second-order valence-electron chi connectivity index (χ2n) is 5.95. The number of nitrogens with one attached hydrogen (secondary N) is 3. The third-order valence-corrected chi connectivity index (χ3v) is 4.12. The molecule has 0 saturated heterocycles. The number of hydrogen-bond donors (Lipinski definition) is 3. The van der Waals surface area contributed by atoms with E-state index in [4.69, 9.17) is 11.6 Å². The number of aromatic nitrogens is 2. The molecule has 3 aromatic rings. The van der Waals surface area contributed by atoms with E-state index in [0.29, 0.717) is 35.9 Å². The molecular formula is C20H19ClN4O2. The molecule has 2 aromatic carbocycles. The number of hydrogen-bond acceptors (Lipinski definition) is 3. The first kappa shape index (κ1) is 18.7. The summed E-state index contributed by atoms with van der Waals surface area (Å²) in [5, 5.41) is 13.0. The Morgan fingerprint density at radius 3 is 2.52 bits per heavy atom. The van der Waals surface area contributed by atoms with Crippen LogP contribution in [0.1, 0.15) is 16.1 Å². The van der Waals surface area contributed by atoms with E-state index >= 15 is 0 Å². The fourth-order valence-electron chi connectivity index (χ4n) is 2.55. The van der Waals surface area contributed by atoms with E-state index in [1.54, 1.807) is 18.2 Å². The number of halogens is 1. The molecule has 0 unspecified atom stereocenters. The maximum absolute atomic E-state index is 12.2. The summed E-state index contributed by atoms with van der Waals surface area (Å²) in [6, 6.07) is 18.4. The lowest BCUT2D eigenvalue weighted by molar-refractivity contribution is -0.120. The van der Waals surface area contributed by atoms with Crippen LogP contribution in [0, 0.1) is 0 Å². The molecule has 0 radical (unpaired) electrons. The highest BCUT2D eigenvalue weighted by Crippen LogP contribution is 2.21. The monoisotopic (exact) mass is 382 g/mol. The highest BCUT2D eigenvalue weighted by molar-refractivity contribution is 6.30. The maximum Gasteiger partial charge on any atom is 0.269 e. The van der Waals surface area contributed by atoms with Gasteiger partial charge in [-0.15, -0.1) is 0 Å². The molecule has 0 aliphatic heterocycles. The molecule has 27 heavy (non-hydrogen) atoms. The largest absolute Gasteiger partial charge is 0.354 e. The molecule has 3 N–H and O–H groups in total. The van der Waals surface area contributed by atoms with Crippen LogP contribution in [0.4, 0.5) is 0 Å². The van der Waals surface area contributed by atoms with Crippen molar-refractivity contribution in [3.8, 4) is 11.3 Å². The SMILES string of the molecule is O=C(Cc1ccccc1)NCCNC(=O)c1cc(-c2cccc(Cl)c2)n[nH]1. The summed E-state index contributed by atoms with van der Waals surface area (Å²) in [4.78, 5) is 24.0. The molecule has 6 nitrogen and oxygen atoms in total. The van der Waals surface area contributed by atoms with Gasteiger partial charge in [0.15, 0.2) is 0 Å². The summed E-state index contributed by atoms with van der Waals surface area (Å²) in [7, 11) is 0. The van der Waals surface area contributed by atoms with E-state index in [2.05, 4.69) is 20.8 Å². The number of aromatic amines is 1. The van der Waals surface area contributed by atoms with Gasteiger partial charge >= 0.3 is 0 Å². The Labute approximate surface area is 161 Å². The van der Waals surface area contributed by atoms with Crippen molar-refractivity contribution < 1.29 is 9.59 Å². The minimum absolute atomic E-state index is 0.0831. The lowest BCUT2D eigenvalue weighted by Crippen LogP contribution is -2.35. The van der Waals surface area contributed by atoms with Crippen molar-refractivity contribution in [3.63, 3.8) is 0 Å². The van der Waals surface area contributed by atoms with Gasteiger partial charge in [0.2, 0.25) is 5.91 Å². The molecule has 1 aromatic heterocycles. The molecule has 1 heterocycles. The van der Waals surface area contributed by atoms with Gasteiger partial charge in [-0.1, -0.05) is 54.1 Å². The number of rotatable bonds is 7. The molecule has 0 atom stereocenters. The summed E-state index contributed by atoms with van der Waals surface area (Å²) in [5.74, 6) is -0.367. The minimum atomic E-state index is -0.284. The van der Waals surface area contributed by atoms with Crippen molar-refractivity contribution in [1.82, 2.24) is 20.8 Å². The van der Waals surface area contributed by atoms with Gasteiger partial charge in [0.25, 0.3) is 5.91 Å². The summed E-state index contributed by atoms with van der Waals surface area (Å²) in [5.41, 5.74) is 2.76. The highest BCUT2D eigenvalue weighted by atomic mass is 35.5. The fraction of sp³-hybridized carbons (Fsp3) is 0.150. The number of carbonyl (C=O) groups excluding carboxylic acids is 2. The molecule has 7 heteroatoms. The third kappa shape index (κ3) is 5.43. The summed E-state index contributed by atoms with van der Waals surface area (Å²) < 4.78 is 0. The maximum atomic E-state index is 12.2. The van der Waals surface area contributed by atoms with Gasteiger partial charge in [-0.3, -0.25) is 14.7 Å². The topological polar surface area (TPSA) is 86.9 Å². The average molecular weight is 383 g/mol. The molecule has 0 fully saturated rings. The number of nitrogens with zero attached hydrogens (tertiary/aromatic N) is 1. The molecule has 0 spiro atoms. The van der Waals surface area contributed by atoms with E-state index in [9.17, 15) is 9.59 Å². The van der Waals surface area contributed by atoms with E-state index in [1.165, 1.54) is 0 Å². The Kier molecular flexibility index (Phi) is 6.22. The van der Waals surface area contributed by atoms with E-state index < -0.39 is 0 Å². The second kappa shape index (κ2) is 9.00. The summed E-state index contributed by atoms with van der Waals surface area (Å²) in [6.45, 7) is 0.678. The lowest BCUT2D eigenvalue weighted by Gasteiger charge is -2.06. The van der Waals surface area contributed by atoms with Crippen LogP contribution in [0.2, 0.25) is 5.02 Å². The number of amides is 2. The van der Waals surface area contributed by atoms with Crippen molar-refractivity contribution in [3.05, 3.63) is 76.9 Å². The van der Waals surface area contributed by atoms with Gasteiger partial charge in [0.05, 0.1) is 12.1 Å². The zero-order valence-corrected chi connectivity index (χ0v) is 15.3. The number of benzene rings is 2. The predicted molar refractivity (Wildman–Crippen MR) is 105 cm³/mol. The number of carbonyl (C=O) groups is 2. The van der Waals surface area contributed by atoms with Crippen molar-refractivity contribution in [2.45, 2.75) is 6.42 Å². The van der Waals surface area contributed by atoms with E-state index in [-0.39, 0.29) is 11.8 Å². The van der Waals surface area contributed by atoms with E-state index in [1.807, 2.05) is 42.5 Å². The lowest BCUT2D eigenvalue weighted by atomic mass is 10.1. The summed E-state index contributed by atoms with van der Waals surface area (Å²) in [6.07, 6.45) is 0.318. The van der Waals surface area contributed by atoms with Crippen LogP contribution in [0.25, 0.3) is 11.3 Å². The van der Waals surface area contributed by atoms with Crippen molar-refractivity contribution in [2.24, 2.45) is 0 Å². The van der Waals surface area contributed by atoms with Gasteiger partial charge in [0, 0.05) is 23.7 Å². The van der Waals surface area contributed by atoms with Crippen LogP contribution in [-0.4, -0.2) is 35.1 Å². The molecule has 2 amide bonds. The van der Waals surface area contributed by atoms with Gasteiger partial charge < -0.3 is 10.6 Å². The smallest absolute Gasteiger partial charge is 0.269 e. The normalized spacial score (nSPS) is 10.4. The van der Waals surface area contributed by atoms with Gasteiger partial charge in [-0.25, -0.2) is 0 Å². The molecule has 0 saturated carbocycles. The van der Waals surface area contributed by atoms with Gasteiger partial charge in [0.1, 0.15) is 5.69 Å². The average Bonchev–Trinajstić information content (AvgIpc) is 3.16. The van der Waals surface area contributed by atoms with Crippen molar-refractivity contribution in [1.29, 1.82) is 0 Å². The molecule has 0 bridgehead atoms. The van der Waals surface area contributed by atoms with Crippen LogP contribution in [-0.2, 0) is 11.2 Å². The highest BCUT2D eigenvalue weighted by Gasteiger charge is 2.11. The van der Waals surface area contributed by atoms with Crippen LogP contribution >= 0.6 is 11.6 Å². The Hall–Kier alpha value is -3.12. The Balaban J connectivity index is 1.44. The third-order valence-electron chi connectivity index (χ3n) is 3.88. The van der Waals surface area contributed by atoms with Crippen molar-refractivity contribution >= 4 is 23.4 Å². The van der Waals surface area contributed by atoms with Gasteiger partial charge in [-0.2, -0.15) is 5.10 Å². The quantitative estimate of drug-likeness (QED) is 0.549. The second-order valence-corrected chi connectivity index (χ2v) is 6.38. The first-order valence-electron chi connectivity index (χ1n) is 8.52. The van der Waals surface area contributed by atoms with Crippen LogP contribution in [0.15, 0.2) is 60.7 Å². The first-order chi connectivity index (χ1) is 13.1. The van der Waals surface area contributed by atoms with Gasteiger partial charge in [-0.05, 0) is 23.8 Å². The fourth-order valence-corrected chi connectivity index (χ4v) is 2.74. The predicted octanol–water partition coefficient (Wildman–Crippen LogP) is 2.82. The first-order valence-corrected chi connectivity index (χ1v) is 8.90. The number of H-pyrrole nitrogens is 1. The van der Waals surface area contributed by atoms with Crippen LogP contribution < -0.4 is 10.6 Å².